The van der Waals surface area contributed by atoms with Crippen molar-refractivity contribution < 1.29 is 17.4 Å². The lowest BCUT2D eigenvalue weighted by atomic mass is 10.0. The summed E-state index contributed by atoms with van der Waals surface area (Å²) in [6.45, 7) is 2.08. The summed E-state index contributed by atoms with van der Waals surface area (Å²) in [6.07, 6.45) is 2.31. The smallest absolute Gasteiger partial charge is 0.357 e. The second-order valence-corrected chi connectivity index (χ2v) is 9.44. The van der Waals surface area contributed by atoms with Gasteiger partial charge in [-0.2, -0.15) is 8.42 Å². The van der Waals surface area contributed by atoms with Gasteiger partial charge >= 0.3 is 10.3 Å². The number of hydrogen-bond donors (Lipinski definition) is 4. The average Bonchev–Trinajstić information content (AvgIpc) is 3.38. The minimum absolute atomic E-state index is 0.125. The lowest BCUT2D eigenvalue weighted by molar-refractivity contribution is 0.489. The number of anilines is 2. The largest absolute Gasteiger partial charge is 0.424 e. The maximum atomic E-state index is 11.0. The maximum Gasteiger partial charge on any atom is 0.357 e. The molecule has 0 saturated carbocycles. The third-order valence-electron chi connectivity index (χ3n) is 4.65. The standard InChI is InChI=1S/C21H22N4O4S2/c1-14-23-19(13-30-14)18(11-15-7-9-17(10-8-15)25-31(26,27)28)24-21-22-12-20(29-21)16-5-3-2-4-6-16/h2-10,12-14,18,23,25H,11H2,1H3,(H,22,24)(H,26,27,28)/t14?,18-/m0/s1. The van der Waals surface area contributed by atoms with E-state index in [-0.39, 0.29) is 11.4 Å². The Bertz CT molecular complexity index is 1160. The summed E-state index contributed by atoms with van der Waals surface area (Å²) in [5, 5.41) is 9.15. The SMILES string of the molecule is CC1NC([C@H](Cc2ccc(NS(=O)(=O)O)cc2)Nc2ncc(-c3ccccc3)o2)=CS1. The molecule has 2 atom stereocenters. The van der Waals surface area contributed by atoms with E-state index < -0.39 is 10.3 Å². The van der Waals surface area contributed by atoms with Crippen molar-refractivity contribution in [1.82, 2.24) is 10.3 Å². The third kappa shape index (κ3) is 5.81. The molecule has 0 aliphatic carbocycles. The van der Waals surface area contributed by atoms with Crippen LogP contribution in [0.4, 0.5) is 11.7 Å². The van der Waals surface area contributed by atoms with E-state index >= 15 is 0 Å². The Morgan fingerprint density at radius 2 is 1.94 bits per heavy atom. The van der Waals surface area contributed by atoms with Crippen molar-refractivity contribution in [2.24, 2.45) is 0 Å². The van der Waals surface area contributed by atoms with Crippen LogP contribution in [-0.4, -0.2) is 29.4 Å². The van der Waals surface area contributed by atoms with E-state index in [1.165, 1.54) is 0 Å². The van der Waals surface area contributed by atoms with Gasteiger partial charge in [0.05, 0.1) is 23.3 Å². The minimum Gasteiger partial charge on any atom is -0.424 e. The molecule has 0 spiro atoms. The number of nitrogens with zero attached hydrogens (tertiary/aromatic N) is 1. The van der Waals surface area contributed by atoms with Crippen molar-refractivity contribution in [3.05, 3.63) is 77.5 Å². The van der Waals surface area contributed by atoms with E-state index in [1.807, 2.05) is 35.1 Å². The van der Waals surface area contributed by atoms with Crippen molar-refractivity contribution in [2.45, 2.75) is 24.8 Å². The van der Waals surface area contributed by atoms with Gasteiger partial charge in [0.1, 0.15) is 0 Å². The lowest BCUT2D eigenvalue weighted by Gasteiger charge is -2.21. The molecule has 10 heteroatoms. The number of benzene rings is 2. The highest BCUT2D eigenvalue weighted by atomic mass is 32.2. The van der Waals surface area contributed by atoms with Gasteiger partial charge in [-0.25, -0.2) is 4.98 Å². The Morgan fingerprint density at radius 1 is 1.19 bits per heavy atom. The first-order chi connectivity index (χ1) is 14.9. The molecule has 2 heterocycles. The van der Waals surface area contributed by atoms with E-state index in [0.29, 0.717) is 23.9 Å². The fraction of sp³-hybridized carbons (Fsp3) is 0.190. The minimum atomic E-state index is -4.30. The van der Waals surface area contributed by atoms with Crippen LogP contribution in [-0.2, 0) is 16.7 Å². The molecule has 1 aromatic heterocycles. The van der Waals surface area contributed by atoms with E-state index in [9.17, 15) is 8.42 Å². The summed E-state index contributed by atoms with van der Waals surface area (Å²) in [4.78, 5) is 4.37. The van der Waals surface area contributed by atoms with Crippen LogP contribution in [0.15, 0.2) is 76.3 Å². The van der Waals surface area contributed by atoms with Gasteiger partial charge in [-0.05, 0) is 36.4 Å². The molecular formula is C21H22N4O4S2. The Kier molecular flexibility index (Phi) is 6.21. The Hall–Kier alpha value is -2.95. The highest BCUT2D eigenvalue weighted by Crippen LogP contribution is 2.27. The Labute approximate surface area is 185 Å². The first kappa shape index (κ1) is 21.3. The predicted molar refractivity (Wildman–Crippen MR) is 123 cm³/mol. The van der Waals surface area contributed by atoms with Crippen molar-refractivity contribution in [3.8, 4) is 11.3 Å². The van der Waals surface area contributed by atoms with Gasteiger partial charge < -0.3 is 15.1 Å². The molecule has 4 N–H and O–H groups in total. The zero-order valence-corrected chi connectivity index (χ0v) is 18.3. The van der Waals surface area contributed by atoms with Gasteiger partial charge in [0, 0.05) is 11.3 Å². The summed E-state index contributed by atoms with van der Waals surface area (Å²) in [5.41, 5.74) is 3.24. The fourth-order valence-corrected chi connectivity index (χ4v) is 4.44. The number of oxazole rings is 1. The number of aromatic nitrogens is 1. The van der Waals surface area contributed by atoms with Gasteiger partial charge in [0.2, 0.25) is 0 Å². The summed E-state index contributed by atoms with van der Waals surface area (Å²) in [7, 11) is -4.30. The number of rotatable bonds is 8. The molecule has 0 saturated heterocycles. The lowest BCUT2D eigenvalue weighted by Crippen LogP contribution is -2.32. The zero-order valence-electron chi connectivity index (χ0n) is 16.6. The second-order valence-electron chi connectivity index (χ2n) is 7.07. The molecule has 3 aromatic rings. The van der Waals surface area contributed by atoms with Crippen LogP contribution < -0.4 is 15.4 Å². The molecule has 162 valence electrons. The monoisotopic (exact) mass is 458 g/mol. The van der Waals surface area contributed by atoms with Crippen LogP contribution in [0.1, 0.15) is 12.5 Å². The van der Waals surface area contributed by atoms with Crippen molar-refractivity contribution in [3.63, 3.8) is 0 Å². The molecule has 31 heavy (non-hydrogen) atoms. The summed E-state index contributed by atoms with van der Waals surface area (Å²) >= 11 is 1.70. The highest BCUT2D eigenvalue weighted by molar-refractivity contribution is 8.02. The number of thioether (sulfide) groups is 1. The van der Waals surface area contributed by atoms with E-state index in [1.54, 1.807) is 42.2 Å². The van der Waals surface area contributed by atoms with Gasteiger partial charge in [-0.1, -0.05) is 42.5 Å². The van der Waals surface area contributed by atoms with Crippen LogP contribution in [0.25, 0.3) is 11.3 Å². The molecule has 0 radical (unpaired) electrons. The molecule has 0 amide bonds. The molecule has 0 bridgehead atoms. The first-order valence-corrected chi connectivity index (χ1v) is 12.0. The molecule has 4 rings (SSSR count). The Morgan fingerprint density at radius 3 is 2.58 bits per heavy atom. The van der Waals surface area contributed by atoms with Crippen molar-refractivity contribution in [1.29, 1.82) is 0 Å². The first-order valence-electron chi connectivity index (χ1n) is 9.60. The summed E-state index contributed by atoms with van der Waals surface area (Å²) in [6, 6.07) is 16.9. The maximum absolute atomic E-state index is 11.0. The molecule has 1 aliphatic heterocycles. The average molecular weight is 459 g/mol. The van der Waals surface area contributed by atoms with Crippen LogP contribution in [0.5, 0.6) is 0 Å². The number of hydrogen-bond acceptors (Lipinski definition) is 7. The highest BCUT2D eigenvalue weighted by Gasteiger charge is 2.23. The third-order valence-corrected chi connectivity index (χ3v) is 6.06. The zero-order chi connectivity index (χ0) is 21.8. The van der Waals surface area contributed by atoms with Crippen molar-refractivity contribution in [2.75, 3.05) is 10.0 Å². The van der Waals surface area contributed by atoms with Gasteiger partial charge in [0.15, 0.2) is 5.76 Å². The summed E-state index contributed by atoms with van der Waals surface area (Å²) in [5.74, 6) is 0.679. The van der Waals surface area contributed by atoms with Crippen LogP contribution >= 0.6 is 11.8 Å². The van der Waals surface area contributed by atoms with E-state index in [4.69, 9.17) is 8.97 Å². The van der Waals surface area contributed by atoms with E-state index in [0.717, 1.165) is 16.8 Å². The second kappa shape index (κ2) is 9.04. The van der Waals surface area contributed by atoms with Gasteiger partial charge in [-0.15, -0.1) is 11.8 Å². The fourth-order valence-electron chi connectivity index (χ4n) is 3.22. The van der Waals surface area contributed by atoms with E-state index in [2.05, 4.69) is 27.9 Å². The topological polar surface area (TPSA) is 116 Å². The summed E-state index contributed by atoms with van der Waals surface area (Å²) < 4.78 is 38.8. The van der Waals surface area contributed by atoms with Crippen LogP contribution in [0, 0.1) is 0 Å². The van der Waals surface area contributed by atoms with Crippen LogP contribution in [0.2, 0.25) is 0 Å². The quantitative estimate of drug-likeness (QED) is 0.373. The molecule has 2 aromatic carbocycles. The van der Waals surface area contributed by atoms with Crippen molar-refractivity contribution >= 4 is 33.8 Å². The molecule has 1 unspecified atom stereocenters. The molecule has 1 aliphatic rings. The van der Waals surface area contributed by atoms with Crippen LogP contribution in [0.3, 0.4) is 0 Å². The normalized spacial score (nSPS) is 17.0. The number of nitrogens with one attached hydrogen (secondary N) is 3. The molecule has 0 fully saturated rings. The molecule has 8 nitrogen and oxygen atoms in total. The predicted octanol–water partition coefficient (Wildman–Crippen LogP) is 4.10. The van der Waals surface area contributed by atoms with Gasteiger partial charge in [-0.3, -0.25) is 9.27 Å². The molecular weight excluding hydrogens is 436 g/mol. The van der Waals surface area contributed by atoms with Gasteiger partial charge in [0.25, 0.3) is 6.01 Å². The Balaban J connectivity index is 1.51.